The molecule has 0 spiro atoms. The summed E-state index contributed by atoms with van der Waals surface area (Å²) in [5.74, 6) is 0.949. The second kappa shape index (κ2) is 11.3. The molecule has 1 saturated heterocycles. The third kappa shape index (κ3) is 6.00. The lowest BCUT2D eigenvalue weighted by Gasteiger charge is -2.24. The van der Waals surface area contributed by atoms with Crippen molar-refractivity contribution in [3.8, 4) is 22.6 Å². The van der Waals surface area contributed by atoms with E-state index in [1.165, 1.54) is 12.1 Å². The van der Waals surface area contributed by atoms with Gasteiger partial charge in [-0.3, -0.25) is 4.79 Å². The van der Waals surface area contributed by atoms with Crippen molar-refractivity contribution < 1.29 is 23.4 Å². The highest BCUT2D eigenvalue weighted by atomic mass is 35.5. The number of amides is 1. The van der Waals surface area contributed by atoms with Gasteiger partial charge in [0.25, 0.3) is 0 Å². The van der Waals surface area contributed by atoms with Crippen LogP contribution in [0.15, 0.2) is 60.7 Å². The maximum atomic E-state index is 13.3. The minimum Gasteiger partial charge on any atom is -0.487 e. The highest BCUT2D eigenvalue weighted by Crippen LogP contribution is 2.39. The molecular formula is C29H29ClFNO4. The summed E-state index contributed by atoms with van der Waals surface area (Å²) in [4.78, 5) is 14.9. The number of halogens is 2. The van der Waals surface area contributed by atoms with E-state index in [0.717, 1.165) is 48.1 Å². The number of hydrogen-bond donors (Lipinski definition) is 0. The summed E-state index contributed by atoms with van der Waals surface area (Å²) in [5.41, 5.74) is 3.54. The molecule has 0 bridgehead atoms. The third-order valence-corrected chi connectivity index (χ3v) is 6.81. The standard InChI is InChI=1S/C29H29ClFNO4/c30-24-5-3-4-21(16-24)22-15-23-18-32(28(33)14-20-7-9-25(31)10-8-20)11-13-35-29(23)27(17-22)36-19-26-6-1-2-12-34-26/h3-5,7-10,15-17,26H,1-2,6,11-14,18-19H2/t26-/m0/s1. The van der Waals surface area contributed by atoms with Gasteiger partial charge >= 0.3 is 0 Å². The molecule has 5 nitrogen and oxygen atoms in total. The molecule has 0 unspecified atom stereocenters. The van der Waals surface area contributed by atoms with Gasteiger partial charge in [0.1, 0.15) is 19.0 Å². The molecule has 0 aromatic heterocycles. The molecule has 5 rings (SSSR count). The lowest BCUT2D eigenvalue weighted by Crippen LogP contribution is -2.33. The van der Waals surface area contributed by atoms with Crippen molar-refractivity contribution in [2.45, 2.75) is 38.3 Å². The molecule has 2 aliphatic heterocycles. The summed E-state index contributed by atoms with van der Waals surface area (Å²) in [6, 6.07) is 17.7. The number of hydrogen-bond acceptors (Lipinski definition) is 4. The van der Waals surface area contributed by atoms with Gasteiger partial charge in [-0.15, -0.1) is 0 Å². The average Bonchev–Trinajstić information content (AvgIpc) is 3.12. The van der Waals surface area contributed by atoms with Gasteiger partial charge in [-0.2, -0.15) is 0 Å². The number of ether oxygens (including phenoxy) is 3. The van der Waals surface area contributed by atoms with Gasteiger partial charge < -0.3 is 19.1 Å². The number of benzene rings is 3. The molecule has 0 radical (unpaired) electrons. The molecule has 3 aromatic rings. The van der Waals surface area contributed by atoms with Crippen LogP contribution < -0.4 is 9.47 Å². The molecule has 1 fully saturated rings. The zero-order valence-electron chi connectivity index (χ0n) is 20.1. The van der Waals surface area contributed by atoms with E-state index >= 15 is 0 Å². The maximum Gasteiger partial charge on any atom is 0.227 e. The van der Waals surface area contributed by atoms with E-state index in [-0.39, 0.29) is 24.2 Å². The van der Waals surface area contributed by atoms with Crippen molar-refractivity contribution in [1.29, 1.82) is 0 Å². The monoisotopic (exact) mass is 509 g/mol. The summed E-state index contributed by atoms with van der Waals surface area (Å²) in [6.45, 7) is 2.40. The normalized spacial score (nSPS) is 17.6. The number of carbonyl (C=O) groups excluding carboxylic acids is 1. The van der Waals surface area contributed by atoms with Crippen LogP contribution in [-0.2, 0) is 22.5 Å². The Morgan fingerprint density at radius 2 is 1.92 bits per heavy atom. The van der Waals surface area contributed by atoms with Crippen LogP contribution in [0.1, 0.15) is 30.4 Å². The van der Waals surface area contributed by atoms with Gasteiger partial charge in [-0.05, 0) is 72.4 Å². The quantitative estimate of drug-likeness (QED) is 0.405. The highest BCUT2D eigenvalue weighted by molar-refractivity contribution is 6.30. The van der Waals surface area contributed by atoms with Gasteiger partial charge in [-0.1, -0.05) is 35.9 Å². The minimum absolute atomic E-state index is 0.0377. The topological polar surface area (TPSA) is 48.0 Å². The molecule has 2 heterocycles. The summed E-state index contributed by atoms with van der Waals surface area (Å²) < 4.78 is 31.5. The lowest BCUT2D eigenvalue weighted by molar-refractivity contribution is -0.131. The Hall–Kier alpha value is -3.09. The van der Waals surface area contributed by atoms with Gasteiger partial charge in [0.2, 0.25) is 5.91 Å². The minimum atomic E-state index is -0.317. The van der Waals surface area contributed by atoms with Crippen molar-refractivity contribution in [3.63, 3.8) is 0 Å². The first-order valence-electron chi connectivity index (χ1n) is 12.4. The maximum absolute atomic E-state index is 13.3. The fourth-order valence-corrected chi connectivity index (χ4v) is 4.84. The van der Waals surface area contributed by atoms with E-state index < -0.39 is 0 Å². The Balaban J connectivity index is 1.42. The summed E-state index contributed by atoms with van der Waals surface area (Å²) in [5, 5.41) is 0.646. The van der Waals surface area contributed by atoms with E-state index in [9.17, 15) is 9.18 Å². The van der Waals surface area contributed by atoms with Gasteiger partial charge in [0.15, 0.2) is 11.5 Å². The molecule has 7 heteroatoms. The first kappa shape index (κ1) is 24.6. The molecular weight excluding hydrogens is 481 g/mol. The van der Waals surface area contributed by atoms with Crippen LogP contribution in [0.3, 0.4) is 0 Å². The molecule has 1 atom stereocenters. The SMILES string of the molecule is O=C(Cc1ccc(F)cc1)N1CCOc2c(cc(-c3cccc(Cl)c3)cc2OC[C@@H]2CCCCO2)C1. The fourth-order valence-electron chi connectivity index (χ4n) is 4.65. The Morgan fingerprint density at radius 1 is 1.06 bits per heavy atom. The molecule has 1 amide bonds. The van der Waals surface area contributed by atoms with Crippen LogP contribution in [0.25, 0.3) is 11.1 Å². The van der Waals surface area contributed by atoms with E-state index in [1.54, 1.807) is 17.0 Å². The number of nitrogens with zero attached hydrogens (tertiary/aromatic N) is 1. The predicted octanol–water partition coefficient (Wildman–Crippen LogP) is 6.06. The van der Waals surface area contributed by atoms with Crippen LogP contribution in [0.2, 0.25) is 5.02 Å². The van der Waals surface area contributed by atoms with E-state index in [4.69, 9.17) is 25.8 Å². The Labute approximate surface area is 215 Å². The van der Waals surface area contributed by atoms with Crippen molar-refractivity contribution in [2.75, 3.05) is 26.4 Å². The first-order valence-corrected chi connectivity index (χ1v) is 12.8. The average molecular weight is 510 g/mol. The zero-order valence-corrected chi connectivity index (χ0v) is 20.8. The van der Waals surface area contributed by atoms with Crippen LogP contribution in [0.4, 0.5) is 4.39 Å². The third-order valence-electron chi connectivity index (χ3n) is 6.58. The van der Waals surface area contributed by atoms with Crippen molar-refractivity contribution in [2.24, 2.45) is 0 Å². The van der Waals surface area contributed by atoms with Crippen molar-refractivity contribution >= 4 is 17.5 Å². The second-order valence-electron chi connectivity index (χ2n) is 9.24. The highest BCUT2D eigenvalue weighted by Gasteiger charge is 2.25. The Morgan fingerprint density at radius 3 is 2.69 bits per heavy atom. The fraction of sp³-hybridized carbons (Fsp3) is 0.345. The molecule has 0 N–H and O–H groups in total. The van der Waals surface area contributed by atoms with Crippen LogP contribution >= 0.6 is 11.6 Å². The number of rotatable bonds is 6. The zero-order chi connectivity index (χ0) is 24.9. The largest absolute Gasteiger partial charge is 0.487 e. The van der Waals surface area contributed by atoms with Crippen LogP contribution in [-0.4, -0.2) is 43.3 Å². The molecule has 0 saturated carbocycles. The van der Waals surface area contributed by atoms with Crippen LogP contribution in [0.5, 0.6) is 11.5 Å². The van der Waals surface area contributed by atoms with Crippen LogP contribution in [0, 0.1) is 5.82 Å². The van der Waals surface area contributed by atoms with Gasteiger partial charge in [0.05, 0.1) is 19.1 Å². The van der Waals surface area contributed by atoms with E-state index in [2.05, 4.69) is 0 Å². The summed E-state index contributed by atoms with van der Waals surface area (Å²) in [7, 11) is 0. The smallest absolute Gasteiger partial charge is 0.227 e. The number of carbonyl (C=O) groups is 1. The summed E-state index contributed by atoms with van der Waals surface area (Å²) >= 11 is 6.27. The van der Waals surface area contributed by atoms with E-state index in [0.29, 0.717) is 42.8 Å². The number of fused-ring (bicyclic) bond motifs is 1. The van der Waals surface area contributed by atoms with E-state index in [1.807, 2.05) is 36.4 Å². The Kier molecular flexibility index (Phi) is 7.73. The first-order chi connectivity index (χ1) is 17.5. The predicted molar refractivity (Wildman–Crippen MR) is 137 cm³/mol. The molecule has 188 valence electrons. The van der Waals surface area contributed by atoms with Crippen molar-refractivity contribution in [1.82, 2.24) is 4.90 Å². The summed E-state index contributed by atoms with van der Waals surface area (Å²) in [6.07, 6.45) is 3.45. The Bertz CT molecular complexity index is 1210. The van der Waals surface area contributed by atoms with Gasteiger partial charge in [0, 0.05) is 23.7 Å². The van der Waals surface area contributed by atoms with Crippen molar-refractivity contribution in [3.05, 3.63) is 82.6 Å². The molecule has 0 aliphatic carbocycles. The second-order valence-corrected chi connectivity index (χ2v) is 9.68. The molecule has 36 heavy (non-hydrogen) atoms. The van der Waals surface area contributed by atoms with Gasteiger partial charge in [-0.25, -0.2) is 4.39 Å². The molecule has 2 aliphatic rings. The lowest BCUT2D eigenvalue weighted by atomic mass is 10.0. The molecule has 3 aromatic carbocycles.